The highest BCUT2D eigenvalue weighted by Crippen LogP contribution is 2.22. The van der Waals surface area contributed by atoms with Crippen LogP contribution in [0.4, 0.5) is 11.4 Å². The first-order valence-corrected chi connectivity index (χ1v) is 6.64. The molecule has 0 aliphatic carbocycles. The van der Waals surface area contributed by atoms with E-state index in [1.165, 1.54) is 10.6 Å². The summed E-state index contributed by atoms with van der Waals surface area (Å²) in [6.07, 6.45) is 0. The van der Waals surface area contributed by atoms with E-state index < -0.39 is 0 Å². The van der Waals surface area contributed by atoms with Crippen molar-refractivity contribution in [2.24, 2.45) is 0 Å². The maximum Gasteiger partial charge on any atom is 0.254 e. The van der Waals surface area contributed by atoms with Gasteiger partial charge < -0.3 is 11.1 Å². The normalized spacial score (nSPS) is 10.4. The average Bonchev–Trinajstić information content (AvgIpc) is 2.38. The van der Waals surface area contributed by atoms with Gasteiger partial charge in [-0.15, -0.1) is 0 Å². The van der Waals surface area contributed by atoms with Crippen LogP contribution < -0.4 is 16.6 Å². The van der Waals surface area contributed by atoms with Crippen molar-refractivity contribution in [1.82, 2.24) is 9.55 Å². The Hall–Kier alpha value is -2.34. The summed E-state index contributed by atoms with van der Waals surface area (Å²) < 4.78 is 1.31. The van der Waals surface area contributed by atoms with Gasteiger partial charge in [0.2, 0.25) is 5.91 Å². The van der Waals surface area contributed by atoms with Crippen molar-refractivity contribution in [2.75, 3.05) is 11.1 Å². The molecule has 0 atom stereocenters. The highest BCUT2D eigenvalue weighted by molar-refractivity contribution is 6.33. The zero-order valence-corrected chi connectivity index (χ0v) is 12.4. The number of carbonyl (C=O) groups excluding carboxylic acids is 1. The van der Waals surface area contributed by atoms with E-state index in [4.69, 9.17) is 17.3 Å². The number of carbonyl (C=O) groups is 1. The summed E-state index contributed by atoms with van der Waals surface area (Å²) >= 11 is 5.81. The molecule has 0 unspecified atom stereocenters. The van der Waals surface area contributed by atoms with Gasteiger partial charge in [-0.1, -0.05) is 11.6 Å². The Kier molecular flexibility index (Phi) is 4.28. The van der Waals surface area contributed by atoms with E-state index in [9.17, 15) is 9.59 Å². The SMILES string of the molecule is Cc1cc(=O)n(CC(=O)Nc2ccc(Cl)c(N)c2)c(C)n1. The van der Waals surface area contributed by atoms with Crippen LogP contribution in [0.3, 0.4) is 0 Å². The van der Waals surface area contributed by atoms with Gasteiger partial charge in [0, 0.05) is 17.4 Å². The number of halogens is 1. The van der Waals surface area contributed by atoms with E-state index in [0.29, 0.717) is 27.9 Å². The number of amides is 1. The molecule has 2 aromatic rings. The molecule has 110 valence electrons. The third-order valence-electron chi connectivity index (χ3n) is 2.91. The first-order chi connectivity index (χ1) is 9.86. The molecular formula is C14H15ClN4O2. The Bertz CT molecular complexity index is 755. The smallest absolute Gasteiger partial charge is 0.254 e. The molecule has 7 heteroatoms. The fraction of sp³-hybridized carbons (Fsp3) is 0.214. The first kappa shape index (κ1) is 15.1. The van der Waals surface area contributed by atoms with Crippen molar-refractivity contribution in [3.05, 3.63) is 51.2 Å². The molecule has 0 radical (unpaired) electrons. The van der Waals surface area contributed by atoms with Crippen molar-refractivity contribution >= 4 is 28.9 Å². The van der Waals surface area contributed by atoms with Gasteiger partial charge in [-0.25, -0.2) is 4.98 Å². The number of aryl methyl sites for hydroxylation is 2. The maximum absolute atomic E-state index is 12.0. The fourth-order valence-electron chi connectivity index (χ4n) is 1.92. The maximum atomic E-state index is 12.0. The predicted molar refractivity (Wildman–Crippen MR) is 82.5 cm³/mol. The minimum atomic E-state index is -0.340. The van der Waals surface area contributed by atoms with Gasteiger partial charge in [0.1, 0.15) is 12.4 Å². The number of rotatable bonds is 3. The van der Waals surface area contributed by atoms with E-state index in [-0.39, 0.29) is 18.0 Å². The van der Waals surface area contributed by atoms with E-state index >= 15 is 0 Å². The van der Waals surface area contributed by atoms with Crippen LogP contribution in [0.5, 0.6) is 0 Å². The molecule has 0 aliphatic rings. The molecule has 0 aliphatic heterocycles. The lowest BCUT2D eigenvalue weighted by Gasteiger charge is -2.10. The minimum absolute atomic E-state index is 0.111. The summed E-state index contributed by atoms with van der Waals surface area (Å²) in [5.74, 6) is 0.151. The third kappa shape index (κ3) is 3.61. The average molecular weight is 307 g/mol. The van der Waals surface area contributed by atoms with Crippen LogP contribution >= 0.6 is 11.6 Å². The largest absolute Gasteiger partial charge is 0.397 e. The number of anilines is 2. The molecule has 1 heterocycles. The second kappa shape index (κ2) is 5.97. The zero-order chi connectivity index (χ0) is 15.6. The molecule has 0 bridgehead atoms. The van der Waals surface area contributed by atoms with Gasteiger partial charge in [0.05, 0.1) is 10.7 Å². The van der Waals surface area contributed by atoms with Gasteiger partial charge >= 0.3 is 0 Å². The highest BCUT2D eigenvalue weighted by atomic mass is 35.5. The second-order valence-corrected chi connectivity index (χ2v) is 5.06. The van der Waals surface area contributed by atoms with Gasteiger partial charge in [-0.3, -0.25) is 14.2 Å². The first-order valence-electron chi connectivity index (χ1n) is 6.27. The summed E-state index contributed by atoms with van der Waals surface area (Å²) in [4.78, 5) is 28.0. The Morgan fingerprint density at radius 1 is 1.38 bits per heavy atom. The van der Waals surface area contributed by atoms with Gasteiger partial charge in [0.15, 0.2) is 0 Å². The number of nitrogen functional groups attached to an aromatic ring is 1. The number of nitrogens with two attached hydrogens (primary N) is 1. The van der Waals surface area contributed by atoms with Crippen molar-refractivity contribution in [1.29, 1.82) is 0 Å². The Morgan fingerprint density at radius 2 is 2.10 bits per heavy atom. The van der Waals surface area contributed by atoms with Crippen molar-refractivity contribution in [3.63, 3.8) is 0 Å². The molecule has 1 aromatic heterocycles. The van der Waals surface area contributed by atoms with E-state index in [1.807, 2.05) is 0 Å². The van der Waals surface area contributed by atoms with Gasteiger partial charge in [-0.2, -0.15) is 0 Å². The van der Waals surface area contributed by atoms with Gasteiger partial charge in [0.25, 0.3) is 5.56 Å². The Balaban J connectivity index is 2.15. The van der Waals surface area contributed by atoms with Crippen LogP contribution in [0.1, 0.15) is 11.5 Å². The number of nitrogens with zero attached hydrogens (tertiary/aromatic N) is 2. The van der Waals surface area contributed by atoms with Crippen molar-refractivity contribution in [3.8, 4) is 0 Å². The molecule has 1 amide bonds. The lowest BCUT2D eigenvalue weighted by molar-refractivity contribution is -0.116. The van der Waals surface area contributed by atoms with Crippen LogP contribution in [0, 0.1) is 13.8 Å². The summed E-state index contributed by atoms with van der Waals surface area (Å²) in [7, 11) is 0. The standard InChI is InChI=1S/C14H15ClN4O2/c1-8-5-14(21)19(9(2)17-8)7-13(20)18-10-3-4-11(15)12(16)6-10/h3-6H,7,16H2,1-2H3,(H,18,20). The Morgan fingerprint density at radius 3 is 2.71 bits per heavy atom. The number of hydrogen-bond acceptors (Lipinski definition) is 4. The van der Waals surface area contributed by atoms with Crippen molar-refractivity contribution < 1.29 is 4.79 Å². The molecule has 0 saturated heterocycles. The minimum Gasteiger partial charge on any atom is -0.397 e. The number of nitrogens with one attached hydrogen (secondary N) is 1. The van der Waals surface area contributed by atoms with Crippen LogP contribution in [-0.4, -0.2) is 15.5 Å². The summed E-state index contributed by atoms with van der Waals surface area (Å²) in [5, 5.41) is 3.08. The highest BCUT2D eigenvalue weighted by Gasteiger charge is 2.09. The van der Waals surface area contributed by atoms with Crippen molar-refractivity contribution in [2.45, 2.75) is 20.4 Å². The summed E-state index contributed by atoms with van der Waals surface area (Å²) in [6.45, 7) is 3.30. The number of aromatic nitrogens is 2. The molecule has 0 spiro atoms. The summed E-state index contributed by atoms with van der Waals surface area (Å²) in [5.41, 5.74) is 6.93. The Labute approximate surface area is 126 Å². The topological polar surface area (TPSA) is 90.0 Å². The van der Waals surface area contributed by atoms with E-state index in [0.717, 1.165) is 0 Å². The van der Waals surface area contributed by atoms with Crippen LogP contribution in [0.15, 0.2) is 29.1 Å². The van der Waals surface area contributed by atoms with E-state index in [1.54, 1.807) is 32.0 Å². The summed E-state index contributed by atoms with van der Waals surface area (Å²) in [6, 6.07) is 6.18. The molecule has 0 fully saturated rings. The molecule has 0 saturated carbocycles. The number of hydrogen-bond donors (Lipinski definition) is 2. The molecular weight excluding hydrogens is 292 g/mol. The van der Waals surface area contributed by atoms with Gasteiger partial charge in [-0.05, 0) is 32.0 Å². The zero-order valence-electron chi connectivity index (χ0n) is 11.7. The lowest BCUT2D eigenvalue weighted by atomic mass is 10.3. The molecule has 1 aromatic carbocycles. The lowest BCUT2D eigenvalue weighted by Crippen LogP contribution is -2.30. The second-order valence-electron chi connectivity index (χ2n) is 4.65. The van der Waals surface area contributed by atoms with Crippen LogP contribution in [0.2, 0.25) is 5.02 Å². The fourth-order valence-corrected chi connectivity index (χ4v) is 2.04. The number of benzene rings is 1. The molecule has 3 N–H and O–H groups in total. The van der Waals surface area contributed by atoms with Crippen LogP contribution in [-0.2, 0) is 11.3 Å². The molecule has 21 heavy (non-hydrogen) atoms. The molecule has 6 nitrogen and oxygen atoms in total. The van der Waals surface area contributed by atoms with Crippen LogP contribution in [0.25, 0.3) is 0 Å². The van der Waals surface area contributed by atoms with E-state index in [2.05, 4.69) is 10.3 Å². The third-order valence-corrected chi connectivity index (χ3v) is 3.25. The monoisotopic (exact) mass is 306 g/mol. The molecule has 2 rings (SSSR count). The quantitative estimate of drug-likeness (QED) is 0.845. The predicted octanol–water partition coefficient (Wildman–Crippen LogP) is 1.73.